The number of benzene rings is 1. The van der Waals surface area contributed by atoms with Gasteiger partial charge in [0.05, 0.1) is 18.0 Å². The van der Waals surface area contributed by atoms with E-state index in [1.54, 1.807) is 0 Å². The van der Waals surface area contributed by atoms with Crippen LogP contribution in [0.25, 0.3) is 0 Å². The van der Waals surface area contributed by atoms with E-state index in [0.29, 0.717) is 38.6 Å². The van der Waals surface area contributed by atoms with Gasteiger partial charge in [0.15, 0.2) is 0 Å². The second kappa shape index (κ2) is 10.2. The number of carbonyl (C=O) groups is 2. The number of amides is 2. The first-order chi connectivity index (χ1) is 15.8. The fourth-order valence-electron chi connectivity index (χ4n) is 4.93. The zero-order valence-electron chi connectivity index (χ0n) is 19.8. The number of hydrogen-bond donors (Lipinski definition) is 0. The lowest BCUT2D eigenvalue weighted by molar-refractivity contribution is -0.139. The molecule has 0 radical (unpaired) electrons. The van der Waals surface area contributed by atoms with Crippen LogP contribution in [-0.2, 0) is 16.0 Å². The predicted molar refractivity (Wildman–Crippen MR) is 135 cm³/mol. The zero-order valence-corrected chi connectivity index (χ0v) is 21.4. The van der Waals surface area contributed by atoms with Crippen LogP contribution in [0.2, 0.25) is 0 Å². The van der Waals surface area contributed by atoms with E-state index in [0.717, 1.165) is 19.4 Å². The number of carbonyl (C=O) groups excluding carboxylic acids is 2. The summed E-state index contributed by atoms with van der Waals surface area (Å²) in [7, 11) is 0. The minimum absolute atomic E-state index is 0.0763. The standard InChI is InChI=1S/C26H34ClN3O2S/c1-19-7-4-5-8-20(19)24-21-10-16-33-22(21)9-13-30(24)17-23(31)28-11-6-12-29(15-14-28)25(32)26(2,3)18-27/h4-5,7-8,10,16,24H,6,9,11-15,17-18H2,1-3H3/t24-/m1/s1. The first-order valence-electron chi connectivity index (χ1n) is 11.8. The number of alkyl halides is 1. The highest BCUT2D eigenvalue weighted by Gasteiger charge is 2.35. The molecule has 5 nitrogen and oxygen atoms in total. The van der Waals surface area contributed by atoms with Crippen molar-refractivity contribution in [3.63, 3.8) is 0 Å². The first-order valence-corrected chi connectivity index (χ1v) is 13.2. The number of nitrogens with zero attached hydrogens (tertiary/aromatic N) is 3. The number of fused-ring (bicyclic) bond motifs is 1. The van der Waals surface area contributed by atoms with Gasteiger partial charge in [0.1, 0.15) is 0 Å². The van der Waals surface area contributed by atoms with E-state index < -0.39 is 5.41 Å². The number of halogens is 1. The normalized spacial score (nSPS) is 19.8. The van der Waals surface area contributed by atoms with Gasteiger partial charge < -0.3 is 9.80 Å². The molecule has 1 aromatic heterocycles. The third-order valence-corrected chi connectivity index (χ3v) is 8.60. The Morgan fingerprint density at radius 1 is 1.03 bits per heavy atom. The van der Waals surface area contributed by atoms with Gasteiger partial charge in [0.25, 0.3) is 0 Å². The molecule has 0 unspecified atom stereocenters. The van der Waals surface area contributed by atoms with Crippen LogP contribution in [0.15, 0.2) is 35.7 Å². The molecule has 1 atom stereocenters. The van der Waals surface area contributed by atoms with Crippen LogP contribution in [0, 0.1) is 12.3 Å². The zero-order chi connectivity index (χ0) is 23.6. The molecule has 0 spiro atoms. The minimum atomic E-state index is -0.576. The lowest BCUT2D eigenvalue weighted by Crippen LogP contribution is -2.46. The van der Waals surface area contributed by atoms with Crippen LogP contribution >= 0.6 is 22.9 Å². The lowest BCUT2D eigenvalue weighted by Gasteiger charge is -2.37. The van der Waals surface area contributed by atoms with Crippen molar-refractivity contribution in [2.45, 2.75) is 39.7 Å². The van der Waals surface area contributed by atoms with Gasteiger partial charge >= 0.3 is 0 Å². The van der Waals surface area contributed by atoms with Crippen molar-refractivity contribution in [3.05, 3.63) is 57.3 Å². The Labute approximate surface area is 206 Å². The quantitative estimate of drug-likeness (QED) is 0.589. The maximum atomic E-state index is 13.4. The Balaban J connectivity index is 1.47. The number of hydrogen-bond acceptors (Lipinski definition) is 4. The molecule has 3 heterocycles. The molecule has 178 valence electrons. The van der Waals surface area contributed by atoms with E-state index >= 15 is 0 Å². The summed E-state index contributed by atoms with van der Waals surface area (Å²) in [6.07, 6.45) is 1.78. The third kappa shape index (κ3) is 5.13. The van der Waals surface area contributed by atoms with E-state index in [9.17, 15) is 9.59 Å². The summed E-state index contributed by atoms with van der Waals surface area (Å²) in [5.74, 6) is 0.524. The summed E-state index contributed by atoms with van der Waals surface area (Å²) in [4.78, 5) is 33.9. The topological polar surface area (TPSA) is 43.9 Å². The summed E-state index contributed by atoms with van der Waals surface area (Å²) in [5, 5.41) is 2.17. The molecule has 2 amide bonds. The maximum absolute atomic E-state index is 13.4. The van der Waals surface area contributed by atoms with Crippen LogP contribution in [0.3, 0.4) is 0 Å². The first kappa shape index (κ1) is 24.2. The summed E-state index contributed by atoms with van der Waals surface area (Å²) in [6, 6.07) is 10.8. The number of rotatable bonds is 5. The largest absolute Gasteiger partial charge is 0.340 e. The van der Waals surface area contributed by atoms with Crippen molar-refractivity contribution in [1.82, 2.24) is 14.7 Å². The van der Waals surface area contributed by atoms with Crippen molar-refractivity contribution in [2.75, 3.05) is 45.1 Å². The Morgan fingerprint density at radius 2 is 1.76 bits per heavy atom. The molecule has 0 saturated carbocycles. The van der Waals surface area contributed by atoms with Crippen molar-refractivity contribution in [2.24, 2.45) is 5.41 Å². The van der Waals surface area contributed by atoms with Crippen molar-refractivity contribution >= 4 is 34.8 Å². The molecule has 2 aliphatic heterocycles. The second-order valence-electron chi connectivity index (χ2n) is 9.82. The van der Waals surface area contributed by atoms with E-state index in [1.165, 1.54) is 21.6 Å². The fraction of sp³-hybridized carbons (Fsp3) is 0.538. The smallest absolute Gasteiger partial charge is 0.236 e. The van der Waals surface area contributed by atoms with Crippen LogP contribution in [0.4, 0.5) is 0 Å². The van der Waals surface area contributed by atoms with Crippen LogP contribution in [0.5, 0.6) is 0 Å². The molecular weight excluding hydrogens is 454 g/mol. The average molecular weight is 488 g/mol. The van der Waals surface area contributed by atoms with Gasteiger partial charge in [0, 0.05) is 43.5 Å². The minimum Gasteiger partial charge on any atom is -0.340 e. The van der Waals surface area contributed by atoms with Gasteiger partial charge in [-0.05, 0) is 61.7 Å². The molecule has 33 heavy (non-hydrogen) atoms. The molecule has 0 N–H and O–H groups in total. The highest BCUT2D eigenvalue weighted by Crippen LogP contribution is 2.38. The lowest BCUT2D eigenvalue weighted by atomic mass is 9.90. The van der Waals surface area contributed by atoms with Gasteiger partial charge in [-0.1, -0.05) is 24.3 Å². The maximum Gasteiger partial charge on any atom is 0.236 e. The summed E-state index contributed by atoms with van der Waals surface area (Å²) in [6.45, 7) is 9.71. The van der Waals surface area contributed by atoms with E-state index in [1.807, 2.05) is 35.0 Å². The van der Waals surface area contributed by atoms with E-state index in [4.69, 9.17) is 11.6 Å². The van der Waals surface area contributed by atoms with Crippen LogP contribution in [-0.4, -0.2) is 71.7 Å². The average Bonchev–Trinajstić information content (AvgIpc) is 3.15. The Bertz CT molecular complexity index is 1000. The van der Waals surface area contributed by atoms with Gasteiger partial charge in [-0.15, -0.1) is 22.9 Å². The SMILES string of the molecule is Cc1ccccc1[C@@H]1c2ccsc2CCN1CC(=O)N1CCCN(C(=O)C(C)(C)CCl)CC1. The predicted octanol–water partition coefficient (Wildman–Crippen LogP) is 4.33. The summed E-state index contributed by atoms with van der Waals surface area (Å²) in [5.41, 5.74) is 3.29. The summed E-state index contributed by atoms with van der Waals surface area (Å²) >= 11 is 7.84. The van der Waals surface area contributed by atoms with E-state index in [-0.39, 0.29) is 17.9 Å². The van der Waals surface area contributed by atoms with E-state index in [2.05, 4.69) is 47.5 Å². The van der Waals surface area contributed by atoms with Gasteiger partial charge in [-0.3, -0.25) is 14.5 Å². The monoisotopic (exact) mass is 487 g/mol. The Kier molecular flexibility index (Phi) is 7.46. The van der Waals surface area contributed by atoms with Gasteiger partial charge in [-0.25, -0.2) is 0 Å². The molecule has 4 rings (SSSR count). The molecule has 1 aromatic carbocycles. The van der Waals surface area contributed by atoms with Gasteiger partial charge in [0.2, 0.25) is 11.8 Å². The molecule has 7 heteroatoms. The summed E-state index contributed by atoms with van der Waals surface area (Å²) < 4.78 is 0. The molecule has 1 fully saturated rings. The van der Waals surface area contributed by atoms with Crippen LogP contribution in [0.1, 0.15) is 47.9 Å². The number of aryl methyl sites for hydroxylation is 1. The molecule has 0 bridgehead atoms. The molecular formula is C26H34ClN3O2S. The third-order valence-electron chi connectivity index (χ3n) is 6.94. The van der Waals surface area contributed by atoms with Crippen molar-refractivity contribution < 1.29 is 9.59 Å². The second-order valence-corrected chi connectivity index (χ2v) is 11.1. The van der Waals surface area contributed by atoms with Gasteiger partial charge in [-0.2, -0.15) is 0 Å². The Hall–Kier alpha value is -1.89. The Morgan fingerprint density at radius 3 is 2.52 bits per heavy atom. The molecule has 2 aromatic rings. The highest BCUT2D eigenvalue weighted by atomic mass is 35.5. The fourth-order valence-corrected chi connectivity index (χ4v) is 5.94. The molecule has 2 aliphatic rings. The highest BCUT2D eigenvalue weighted by molar-refractivity contribution is 7.10. The van der Waals surface area contributed by atoms with Crippen molar-refractivity contribution in [3.8, 4) is 0 Å². The number of thiophene rings is 1. The molecule has 1 saturated heterocycles. The van der Waals surface area contributed by atoms with Crippen LogP contribution < -0.4 is 0 Å². The van der Waals surface area contributed by atoms with Crippen molar-refractivity contribution in [1.29, 1.82) is 0 Å². The molecule has 0 aliphatic carbocycles.